The van der Waals surface area contributed by atoms with Gasteiger partial charge in [-0.1, -0.05) is 31.0 Å². The minimum Gasteiger partial charge on any atom is -0.491 e. The van der Waals surface area contributed by atoms with Gasteiger partial charge in [0, 0.05) is 18.2 Å². The molecule has 0 radical (unpaired) electrons. The van der Waals surface area contributed by atoms with Crippen molar-refractivity contribution < 1.29 is 9.47 Å². The van der Waals surface area contributed by atoms with E-state index in [9.17, 15) is 0 Å². The first-order valence-corrected chi connectivity index (χ1v) is 6.71. The van der Waals surface area contributed by atoms with Crippen LogP contribution in [0.1, 0.15) is 43.9 Å². The third-order valence-corrected chi connectivity index (χ3v) is 2.78. The van der Waals surface area contributed by atoms with Gasteiger partial charge in [-0.25, -0.2) is 0 Å². The Morgan fingerprint density at radius 3 is 2.67 bits per heavy atom. The van der Waals surface area contributed by atoms with Crippen molar-refractivity contribution in [3.05, 3.63) is 29.3 Å². The first-order chi connectivity index (χ1) is 8.65. The van der Waals surface area contributed by atoms with Crippen molar-refractivity contribution >= 4 is 0 Å². The first-order valence-electron chi connectivity index (χ1n) is 6.71. The summed E-state index contributed by atoms with van der Waals surface area (Å²) in [5.41, 5.74) is 8.20. The van der Waals surface area contributed by atoms with Crippen LogP contribution in [0.15, 0.2) is 18.2 Å². The molecule has 0 heterocycles. The highest BCUT2D eigenvalue weighted by molar-refractivity contribution is 5.38. The van der Waals surface area contributed by atoms with Gasteiger partial charge in [0.15, 0.2) is 0 Å². The monoisotopic (exact) mass is 251 g/mol. The first kappa shape index (κ1) is 15.0. The number of hydrogen-bond donors (Lipinski definition) is 1. The topological polar surface area (TPSA) is 44.5 Å². The molecule has 18 heavy (non-hydrogen) atoms. The van der Waals surface area contributed by atoms with Crippen LogP contribution in [0.4, 0.5) is 0 Å². The normalized spacial score (nSPS) is 12.4. The summed E-state index contributed by atoms with van der Waals surface area (Å²) in [6.07, 6.45) is 2.27. The van der Waals surface area contributed by atoms with Crippen molar-refractivity contribution in [3.63, 3.8) is 0 Å². The summed E-state index contributed by atoms with van der Waals surface area (Å²) in [7, 11) is 0. The van der Waals surface area contributed by atoms with E-state index in [1.54, 1.807) is 0 Å². The molecule has 2 N–H and O–H groups in total. The number of hydrogen-bond acceptors (Lipinski definition) is 3. The van der Waals surface area contributed by atoms with Gasteiger partial charge in [0.25, 0.3) is 0 Å². The lowest BCUT2D eigenvalue weighted by atomic mass is 10.1. The maximum absolute atomic E-state index is 5.94. The standard InChI is InChI=1S/C15H25NO2/c1-4-5-8-17-9-10-18-15-7-6-12(2)11-14(15)13(3)16/h6-7,11,13H,4-5,8-10,16H2,1-3H3. The molecule has 0 saturated carbocycles. The zero-order valence-electron chi connectivity index (χ0n) is 11.7. The zero-order valence-corrected chi connectivity index (χ0v) is 11.7. The Bertz CT molecular complexity index is 350. The molecule has 0 bridgehead atoms. The maximum atomic E-state index is 5.94. The van der Waals surface area contributed by atoms with Crippen LogP contribution in [0.5, 0.6) is 5.75 Å². The number of ether oxygens (including phenoxy) is 2. The van der Waals surface area contributed by atoms with Gasteiger partial charge >= 0.3 is 0 Å². The Labute approximate surface area is 110 Å². The summed E-state index contributed by atoms with van der Waals surface area (Å²) < 4.78 is 11.2. The van der Waals surface area contributed by atoms with Crippen LogP contribution < -0.4 is 10.5 Å². The van der Waals surface area contributed by atoms with E-state index in [1.807, 2.05) is 19.1 Å². The molecule has 3 heteroatoms. The molecular weight excluding hydrogens is 226 g/mol. The summed E-state index contributed by atoms with van der Waals surface area (Å²) in [6, 6.07) is 6.10. The van der Waals surface area contributed by atoms with Crippen LogP contribution in [0.3, 0.4) is 0 Å². The van der Waals surface area contributed by atoms with Crippen molar-refractivity contribution in [2.45, 2.75) is 39.7 Å². The predicted molar refractivity (Wildman–Crippen MR) is 75.0 cm³/mol. The lowest BCUT2D eigenvalue weighted by Crippen LogP contribution is -2.12. The van der Waals surface area contributed by atoms with E-state index in [2.05, 4.69) is 19.9 Å². The second kappa shape index (κ2) is 8.11. The van der Waals surface area contributed by atoms with Crippen LogP contribution in [0.25, 0.3) is 0 Å². The van der Waals surface area contributed by atoms with E-state index in [0.29, 0.717) is 13.2 Å². The minimum absolute atomic E-state index is 0.0130. The molecule has 0 saturated heterocycles. The van der Waals surface area contributed by atoms with Crippen LogP contribution in [0, 0.1) is 6.92 Å². The number of aryl methyl sites for hydroxylation is 1. The van der Waals surface area contributed by atoms with Crippen LogP contribution in [-0.2, 0) is 4.74 Å². The fraction of sp³-hybridized carbons (Fsp3) is 0.600. The minimum atomic E-state index is -0.0130. The van der Waals surface area contributed by atoms with E-state index in [0.717, 1.165) is 30.8 Å². The molecule has 1 aromatic rings. The highest BCUT2D eigenvalue weighted by Crippen LogP contribution is 2.24. The molecule has 0 aliphatic carbocycles. The van der Waals surface area contributed by atoms with Crippen molar-refractivity contribution in [3.8, 4) is 5.75 Å². The summed E-state index contributed by atoms with van der Waals surface area (Å²) >= 11 is 0. The van der Waals surface area contributed by atoms with E-state index in [1.165, 1.54) is 5.56 Å². The molecule has 0 aliphatic heterocycles. The van der Waals surface area contributed by atoms with Gasteiger partial charge in [-0.3, -0.25) is 0 Å². The highest BCUT2D eigenvalue weighted by Gasteiger charge is 2.08. The SMILES string of the molecule is CCCCOCCOc1ccc(C)cc1C(C)N. The Morgan fingerprint density at radius 2 is 2.00 bits per heavy atom. The largest absolute Gasteiger partial charge is 0.491 e. The van der Waals surface area contributed by atoms with E-state index in [-0.39, 0.29) is 6.04 Å². The average Bonchev–Trinajstić information content (AvgIpc) is 2.35. The van der Waals surface area contributed by atoms with Crippen molar-refractivity contribution in [1.82, 2.24) is 0 Å². The Balaban J connectivity index is 2.42. The molecule has 0 spiro atoms. The molecule has 1 unspecified atom stereocenters. The Kier molecular flexibility index (Phi) is 6.76. The van der Waals surface area contributed by atoms with E-state index in [4.69, 9.17) is 15.2 Å². The van der Waals surface area contributed by atoms with Gasteiger partial charge < -0.3 is 15.2 Å². The summed E-state index contributed by atoms with van der Waals surface area (Å²) in [5.74, 6) is 0.870. The quantitative estimate of drug-likeness (QED) is 0.722. The molecule has 0 aromatic heterocycles. The van der Waals surface area contributed by atoms with Gasteiger partial charge in [-0.2, -0.15) is 0 Å². The number of nitrogens with two attached hydrogens (primary N) is 1. The Hall–Kier alpha value is -1.06. The second-order valence-corrected chi connectivity index (χ2v) is 4.64. The molecular formula is C15H25NO2. The van der Waals surface area contributed by atoms with Gasteiger partial charge in [0.1, 0.15) is 12.4 Å². The summed E-state index contributed by atoms with van der Waals surface area (Å²) in [4.78, 5) is 0. The number of rotatable bonds is 8. The smallest absolute Gasteiger partial charge is 0.124 e. The third kappa shape index (κ3) is 5.07. The predicted octanol–water partition coefficient (Wildman–Crippen LogP) is 3.21. The fourth-order valence-electron chi connectivity index (χ4n) is 1.71. The van der Waals surface area contributed by atoms with E-state index >= 15 is 0 Å². The van der Waals surface area contributed by atoms with Crippen molar-refractivity contribution in [2.75, 3.05) is 19.8 Å². The molecule has 1 rings (SSSR count). The molecule has 0 fully saturated rings. The second-order valence-electron chi connectivity index (χ2n) is 4.64. The van der Waals surface area contributed by atoms with E-state index < -0.39 is 0 Å². The van der Waals surface area contributed by atoms with Crippen molar-refractivity contribution in [1.29, 1.82) is 0 Å². The fourth-order valence-corrected chi connectivity index (χ4v) is 1.71. The molecule has 1 atom stereocenters. The number of unbranched alkanes of at least 4 members (excludes halogenated alkanes) is 1. The molecule has 0 aliphatic rings. The lowest BCUT2D eigenvalue weighted by molar-refractivity contribution is 0.0976. The molecule has 3 nitrogen and oxygen atoms in total. The number of benzene rings is 1. The summed E-state index contributed by atoms with van der Waals surface area (Å²) in [5, 5.41) is 0. The molecule has 0 amide bonds. The van der Waals surface area contributed by atoms with Gasteiger partial charge in [0.2, 0.25) is 0 Å². The highest BCUT2D eigenvalue weighted by atomic mass is 16.5. The summed E-state index contributed by atoms with van der Waals surface area (Å²) in [6.45, 7) is 8.21. The zero-order chi connectivity index (χ0) is 13.4. The van der Waals surface area contributed by atoms with Gasteiger partial charge in [-0.15, -0.1) is 0 Å². The third-order valence-electron chi connectivity index (χ3n) is 2.78. The maximum Gasteiger partial charge on any atom is 0.124 e. The van der Waals surface area contributed by atoms with Crippen molar-refractivity contribution in [2.24, 2.45) is 5.73 Å². The van der Waals surface area contributed by atoms with Crippen LogP contribution >= 0.6 is 0 Å². The lowest BCUT2D eigenvalue weighted by Gasteiger charge is -2.15. The van der Waals surface area contributed by atoms with Gasteiger partial charge in [0.05, 0.1) is 6.61 Å². The van der Waals surface area contributed by atoms with Crippen LogP contribution in [-0.4, -0.2) is 19.8 Å². The molecule has 102 valence electrons. The average molecular weight is 251 g/mol. The Morgan fingerprint density at radius 1 is 1.22 bits per heavy atom. The van der Waals surface area contributed by atoms with Gasteiger partial charge in [-0.05, 0) is 26.3 Å². The molecule has 1 aromatic carbocycles. The van der Waals surface area contributed by atoms with Crippen LogP contribution in [0.2, 0.25) is 0 Å².